The third kappa shape index (κ3) is 3.19. The van der Waals surface area contributed by atoms with Crippen LogP contribution in [0.5, 0.6) is 5.75 Å². The molecule has 6 heteroatoms. The van der Waals surface area contributed by atoms with Crippen molar-refractivity contribution < 1.29 is 14.1 Å². The SMILES string of the molecule is Nc1ccccc1OCc1cc(F)cc([N+](=O)[O-])c1. The van der Waals surface area contributed by atoms with Crippen molar-refractivity contribution in [3.8, 4) is 5.75 Å². The van der Waals surface area contributed by atoms with E-state index in [1.54, 1.807) is 24.3 Å². The molecule has 0 aliphatic carbocycles. The van der Waals surface area contributed by atoms with Crippen LogP contribution >= 0.6 is 0 Å². The van der Waals surface area contributed by atoms with Crippen LogP contribution in [0.4, 0.5) is 15.8 Å². The van der Waals surface area contributed by atoms with Crippen molar-refractivity contribution >= 4 is 11.4 Å². The van der Waals surface area contributed by atoms with Gasteiger partial charge in [0.2, 0.25) is 0 Å². The number of nitro benzene ring substituents is 1. The van der Waals surface area contributed by atoms with Gasteiger partial charge in [-0.05, 0) is 23.8 Å². The quantitative estimate of drug-likeness (QED) is 0.522. The normalized spacial score (nSPS) is 10.2. The third-order valence-electron chi connectivity index (χ3n) is 2.47. The van der Waals surface area contributed by atoms with Crippen molar-refractivity contribution in [2.45, 2.75) is 6.61 Å². The Kier molecular flexibility index (Phi) is 3.61. The van der Waals surface area contributed by atoms with Crippen molar-refractivity contribution in [2.75, 3.05) is 5.73 Å². The number of nitrogen functional groups attached to an aromatic ring is 1. The first-order valence-corrected chi connectivity index (χ1v) is 5.47. The van der Waals surface area contributed by atoms with E-state index >= 15 is 0 Å². The van der Waals surface area contributed by atoms with E-state index in [1.807, 2.05) is 0 Å². The van der Waals surface area contributed by atoms with E-state index in [0.717, 1.165) is 6.07 Å². The maximum absolute atomic E-state index is 13.2. The summed E-state index contributed by atoms with van der Waals surface area (Å²) >= 11 is 0. The molecule has 0 radical (unpaired) electrons. The minimum absolute atomic E-state index is 0.00676. The van der Waals surface area contributed by atoms with E-state index in [4.69, 9.17) is 10.5 Å². The summed E-state index contributed by atoms with van der Waals surface area (Å²) in [6, 6.07) is 10.2. The Bertz CT molecular complexity index is 617. The molecular formula is C13H11FN2O3. The van der Waals surface area contributed by atoms with Crippen LogP contribution in [-0.4, -0.2) is 4.92 Å². The van der Waals surface area contributed by atoms with Crippen LogP contribution < -0.4 is 10.5 Å². The van der Waals surface area contributed by atoms with Crippen molar-refractivity contribution in [3.63, 3.8) is 0 Å². The molecule has 0 unspecified atom stereocenters. The highest BCUT2D eigenvalue weighted by Gasteiger charge is 2.10. The average Bonchev–Trinajstić information content (AvgIpc) is 2.37. The van der Waals surface area contributed by atoms with Gasteiger partial charge in [-0.1, -0.05) is 12.1 Å². The van der Waals surface area contributed by atoms with Crippen LogP contribution in [0.3, 0.4) is 0 Å². The highest BCUT2D eigenvalue weighted by molar-refractivity contribution is 5.51. The second kappa shape index (κ2) is 5.34. The minimum Gasteiger partial charge on any atom is -0.487 e. The van der Waals surface area contributed by atoms with Gasteiger partial charge in [0.1, 0.15) is 18.2 Å². The van der Waals surface area contributed by atoms with Crippen LogP contribution in [-0.2, 0) is 6.61 Å². The molecule has 0 heterocycles. The fourth-order valence-corrected chi connectivity index (χ4v) is 1.60. The molecule has 0 fully saturated rings. The molecule has 0 aliphatic rings. The van der Waals surface area contributed by atoms with Crippen molar-refractivity contribution in [1.29, 1.82) is 0 Å². The molecular weight excluding hydrogens is 251 g/mol. The molecule has 19 heavy (non-hydrogen) atoms. The largest absolute Gasteiger partial charge is 0.487 e. The van der Waals surface area contributed by atoms with E-state index < -0.39 is 10.7 Å². The van der Waals surface area contributed by atoms with E-state index in [2.05, 4.69) is 0 Å². The zero-order chi connectivity index (χ0) is 13.8. The summed E-state index contributed by atoms with van der Waals surface area (Å²) in [7, 11) is 0. The van der Waals surface area contributed by atoms with Crippen molar-refractivity contribution in [1.82, 2.24) is 0 Å². The predicted octanol–water partition coefficient (Wildman–Crippen LogP) is 2.90. The van der Waals surface area contributed by atoms with Crippen LogP contribution in [0, 0.1) is 15.9 Å². The molecule has 2 aromatic rings. The fourth-order valence-electron chi connectivity index (χ4n) is 1.60. The first-order chi connectivity index (χ1) is 9.06. The number of ether oxygens (including phenoxy) is 1. The number of halogens is 1. The molecule has 98 valence electrons. The Morgan fingerprint density at radius 3 is 2.68 bits per heavy atom. The van der Waals surface area contributed by atoms with Gasteiger partial charge in [-0.3, -0.25) is 10.1 Å². The zero-order valence-corrected chi connectivity index (χ0v) is 9.88. The summed E-state index contributed by atoms with van der Waals surface area (Å²) < 4.78 is 18.6. The molecule has 5 nitrogen and oxygen atoms in total. The topological polar surface area (TPSA) is 78.4 Å². The number of benzene rings is 2. The Labute approximate surface area is 108 Å². The first kappa shape index (κ1) is 12.8. The maximum Gasteiger partial charge on any atom is 0.272 e. The highest BCUT2D eigenvalue weighted by Crippen LogP contribution is 2.22. The van der Waals surface area contributed by atoms with E-state index in [1.165, 1.54) is 12.1 Å². The van der Waals surface area contributed by atoms with Crippen LogP contribution in [0.25, 0.3) is 0 Å². The number of hydrogen-bond acceptors (Lipinski definition) is 4. The minimum atomic E-state index is -0.672. The van der Waals surface area contributed by atoms with Crippen LogP contribution in [0.15, 0.2) is 42.5 Å². The molecule has 0 aliphatic heterocycles. The van der Waals surface area contributed by atoms with E-state index in [9.17, 15) is 14.5 Å². The highest BCUT2D eigenvalue weighted by atomic mass is 19.1. The molecule has 0 bridgehead atoms. The number of hydrogen-bond donors (Lipinski definition) is 1. The Morgan fingerprint density at radius 1 is 1.26 bits per heavy atom. The van der Waals surface area contributed by atoms with Gasteiger partial charge in [0.25, 0.3) is 5.69 Å². The van der Waals surface area contributed by atoms with Crippen molar-refractivity contribution in [2.24, 2.45) is 0 Å². The standard InChI is InChI=1S/C13H11FN2O3/c14-10-5-9(6-11(7-10)16(17)18)8-19-13-4-2-1-3-12(13)15/h1-7H,8,15H2. The molecule has 2 rings (SSSR count). The van der Waals surface area contributed by atoms with Crippen LogP contribution in [0.2, 0.25) is 0 Å². The smallest absolute Gasteiger partial charge is 0.272 e. The van der Waals surface area contributed by atoms with E-state index in [-0.39, 0.29) is 12.3 Å². The summed E-state index contributed by atoms with van der Waals surface area (Å²) in [5.41, 5.74) is 6.20. The second-order valence-electron chi connectivity index (χ2n) is 3.90. The molecule has 0 saturated carbocycles. The van der Waals surface area contributed by atoms with Gasteiger partial charge in [0, 0.05) is 6.07 Å². The Hall–Kier alpha value is -2.63. The first-order valence-electron chi connectivity index (χ1n) is 5.47. The van der Waals surface area contributed by atoms with Gasteiger partial charge in [-0.25, -0.2) is 4.39 Å². The summed E-state index contributed by atoms with van der Waals surface area (Å²) in [4.78, 5) is 9.96. The lowest BCUT2D eigenvalue weighted by atomic mass is 10.2. The van der Waals surface area contributed by atoms with E-state index in [0.29, 0.717) is 17.0 Å². The number of non-ortho nitro benzene ring substituents is 1. The zero-order valence-electron chi connectivity index (χ0n) is 9.88. The summed E-state index contributed by atoms with van der Waals surface area (Å²) in [6.07, 6.45) is 0. The molecule has 0 atom stereocenters. The van der Waals surface area contributed by atoms with Gasteiger partial charge in [0.15, 0.2) is 0 Å². The average molecular weight is 262 g/mol. The molecule has 2 aromatic carbocycles. The van der Waals surface area contributed by atoms with Crippen molar-refractivity contribution in [3.05, 3.63) is 64.0 Å². The number of nitrogens with zero attached hydrogens (tertiary/aromatic N) is 1. The molecule has 0 saturated heterocycles. The molecule has 0 amide bonds. The number of anilines is 1. The Balaban J connectivity index is 2.16. The number of nitrogens with two attached hydrogens (primary N) is 1. The monoisotopic (exact) mass is 262 g/mol. The number of rotatable bonds is 4. The summed E-state index contributed by atoms with van der Waals surface area (Å²) in [5, 5.41) is 10.6. The lowest BCUT2D eigenvalue weighted by Crippen LogP contribution is -2.00. The third-order valence-corrected chi connectivity index (χ3v) is 2.47. The predicted molar refractivity (Wildman–Crippen MR) is 68.2 cm³/mol. The molecule has 2 N–H and O–H groups in total. The maximum atomic E-state index is 13.2. The van der Waals surface area contributed by atoms with Gasteiger partial charge in [0.05, 0.1) is 16.7 Å². The summed E-state index contributed by atoms with van der Waals surface area (Å²) in [5.74, 6) is -0.219. The number of para-hydroxylation sites is 2. The summed E-state index contributed by atoms with van der Waals surface area (Å²) in [6.45, 7) is 0.00676. The Morgan fingerprint density at radius 2 is 2.00 bits per heavy atom. The van der Waals surface area contributed by atoms with Gasteiger partial charge < -0.3 is 10.5 Å². The van der Waals surface area contributed by atoms with Gasteiger partial charge in [-0.15, -0.1) is 0 Å². The number of nitro groups is 1. The van der Waals surface area contributed by atoms with Gasteiger partial charge >= 0.3 is 0 Å². The molecule has 0 aromatic heterocycles. The second-order valence-corrected chi connectivity index (χ2v) is 3.90. The lowest BCUT2D eigenvalue weighted by molar-refractivity contribution is -0.385. The lowest BCUT2D eigenvalue weighted by Gasteiger charge is -2.08. The fraction of sp³-hybridized carbons (Fsp3) is 0.0769. The van der Waals surface area contributed by atoms with Gasteiger partial charge in [-0.2, -0.15) is 0 Å². The molecule has 0 spiro atoms. The van der Waals surface area contributed by atoms with Crippen LogP contribution in [0.1, 0.15) is 5.56 Å².